The molecule has 0 aliphatic carbocycles. The Morgan fingerprint density at radius 3 is 2.65 bits per heavy atom. The Morgan fingerprint density at radius 1 is 1.24 bits per heavy atom. The summed E-state index contributed by atoms with van der Waals surface area (Å²) >= 11 is 0. The third-order valence-electron chi connectivity index (χ3n) is 5.76. The van der Waals surface area contributed by atoms with E-state index in [1.807, 2.05) is 31.2 Å². The van der Waals surface area contributed by atoms with Gasteiger partial charge >= 0.3 is 0 Å². The maximum Gasteiger partial charge on any atom is 0.254 e. The van der Waals surface area contributed by atoms with Crippen molar-refractivity contribution >= 4 is 11.8 Å². The first-order chi connectivity index (χ1) is 16.3. The Kier molecular flexibility index (Phi) is 6.87. The highest BCUT2D eigenvalue weighted by Crippen LogP contribution is 2.25. The Bertz CT molecular complexity index is 1180. The number of aliphatic hydroxyl groups excluding tert-OH is 1. The molecular weight excluding hydrogens is 441 g/mol. The van der Waals surface area contributed by atoms with E-state index in [4.69, 9.17) is 10.5 Å². The monoisotopic (exact) mass is 467 g/mol. The molecule has 0 bridgehead atoms. The van der Waals surface area contributed by atoms with E-state index in [1.54, 1.807) is 6.20 Å². The maximum atomic E-state index is 15.0. The van der Waals surface area contributed by atoms with E-state index in [2.05, 4.69) is 10.1 Å². The number of carbonyl (C=O) groups is 2. The van der Waals surface area contributed by atoms with Crippen molar-refractivity contribution in [2.45, 2.75) is 38.6 Å². The van der Waals surface area contributed by atoms with Gasteiger partial charge in [0.25, 0.3) is 5.91 Å². The normalized spacial score (nSPS) is 18.0. The fraction of sp³-hybridized carbons (Fsp3) is 0.333. The molecule has 1 aliphatic rings. The van der Waals surface area contributed by atoms with Gasteiger partial charge in [-0.05, 0) is 18.6 Å². The number of aromatic nitrogens is 3. The summed E-state index contributed by atoms with van der Waals surface area (Å²) in [6.45, 7) is 2.02. The SMILES string of the molecule is Cc1ccc(CC(=O)N2CC[C@@H](Oc3ncc(-n4cc(CO)cn4)cc3C(N)=O)[C@@H](F)C2)cc1. The Balaban J connectivity index is 1.42. The van der Waals surface area contributed by atoms with E-state index < -0.39 is 18.2 Å². The van der Waals surface area contributed by atoms with Crippen molar-refractivity contribution < 1.29 is 23.8 Å². The molecule has 3 N–H and O–H groups in total. The maximum absolute atomic E-state index is 15.0. The molecule has 34 heavy (non-hydrogen) atoms. The minimum absolute atomic E-state index is 0.0105. The van der Waals surface area contributed by atoms with Crippen LogP contribution in [0.4, 0.5) is 4.39 Å². The molecule has 1 fully saturated rings. The second-order valence-electron chi connectivity index (χ2n) is 8.32. The Labute approximate surface area is 196 Å². The molecule has 1 aromatic carbocycles. The van der Waals surface area contributed by atoms with Crippen molar-refractivity contribution in [1.29, 1.82) is 0 Å². The zero-order chi connectivity index (χ0) is 24.2. The number of carbonyl (C=O) groups excluding carboxylic acids is 2. The number of alkyl halides is 1. The van der Waals surface area contributed by atoms with Crippen LogP contribution in [0.1, 0.15) is 33.5 Å². The van der Waals surface area contributed by atoms with Crippen LogP contribution in [0.2, 0.25) is 0 Å². The van der Waals surface area contributed by atoms with Crippen molar-refractivity contribution in [2.24, 2.45) is 5.73 Å². The molecule has 0 saturated carbocycles. The molecule has 10 heteroatoms. The number of aryl methyl sites for hydroxylation is 1. The number of nitrogens with two attached hydrogens (primary N) is 1. The van der Waals surface area contributed by atoms with E-state index in [1.165, 1.54) is 28.0 Å². The zero-order valence-electron chi connectivity index (χ0n) is 18.7. The molecule has 3 heterocycles. The van der Waals surface area contributed by atoms with E-state index in [-0.39, 0.29) is 43.3 Å². The second-order valence-corrected chi connectivity index (χ2v) is 8.32. The molecular formula is C24H26FN5O4. The van der Waals surface area contributed by atoms with Crippen LogP contribution in [-0.4, -0.2) is 62.0 Å². The van der Waals surface area contributed by atoms with E-state index in [0.29, 0.717) is 17.8 Å². The number of amides is 2. The molecule has 1 saturated heterocycles. The molecule has 0 spiro atoms. The van der Waals surface area contributed by atoms with Gasteiger partial charge in [-0.3, -0.25) is 9.59 Å². The van der Waals surface area contributed by atoms with Gasteiger partial charge in [0.2, 0.25) is 11.8 Å². The van der Waals surface area contributed by atoms with Gasteiger partial charge in [0.15, 0.2) is 6.17 Å². The van der Waals surface area contributed by atoms with Gasteiger partial charge < -0.3 is 20.5 Å². The lowest BCUT2D eigenvalue weighted by atomic mass is 10.0. The van der Waals surface area contributed by atoms with Crippen molar-refractivity contribution in [1.82, 2.24) is 19.7 Å². The molecule has 9 nitrogen and oxygen atoms in total. The van der Waals surface area contributed by atoms with Crippen molar-refractivity contribution in [2.75, 3.05) is 13.1 Å². The summed E-state index contributed by atoms with van der Waals surface area (Å²) in [5.41, 5.74) is 8.50. The average molecular weight is 468 g/mol. The number of pyridine rings is 1. The lowest BCUT2D eigenvalue weighted by Crippen LogP contribution is -2.49. The second kappa shape index (κ2) is 10.0. The third-order valence-corrected chi connectivity index (χ3v) is 5.76. The number of aliphatic hydroxyl groups is 1. The fourth-order valence-electron chi connectivity index (χ4n) is 3.80. The number of rotatable bonds is 7. The molecule has 4 rings (SSSR count). The number of nitrogens with zero attached hydrogens (tertiary/aromatic N) is 4. The third kappa shape index (κ3) is 5.23. The van der Waals surface area contributed by atoms with Crippen LogP contribution in [0.25, 0.3) is 5.69 Å². The van der Waals surface area contributed by atoms with Gasteiger partial charge in [0, 0.05) is 24.7 Å². The minimum Gasteiger partial charge on any atom is -0.471 e. The van der Waals surface area contributed by atoms with Gasteiger partial charge in [-0.1, -0.05) is 29.8 Å². The topological polar surface area (TPSA) is 124 Å². The van der Waals surface area contributed by atoms with Crippen molar-refractivity contribution in [3.63, 3.8) is 0 Å². The molecule has 0 radical (unpaired) electrons. The van der Waals surface area contributed by atoms with E-state index in [0.717, 1.165) is 11.1 Å². The number of benzene rings is 1. The first-order valence-corrected chi connectivity index (χ1v) is 10.9. The average Bonchev–Trinajstić information content (AvgIpc) is 3.31. The highest BCUT2D eigenvalue weighted by molar-refractivity contribution is 5.95. The van der Waals surface area contributed by atoms with Gasteiger partial charge in [-0.2, -0.15) is 5.10 Å². The quantitative estimate of drug-likeness (QED) is 0.546. The number of primary amides is 1. The van der Waals surface area contributed by atoms with Crippen molar-refractivity contribution in [3.05, 3.63) is 71.2 Å². The van der Waals surface area contributed by atoms with Gasteiger partial charge in [0.1, 0.15) is 11.7 Å². The summed E-state index contributed by atoms with van der Waals surface area (Å²) in [5.74, 6) is -0.996. The molecule has 178 valence electrons. The molecule has 2 amide bonds. The molecule has 2 aromatic heterocycles. The smallest absolute Gasteiger partial charge is 0.254 e. The van der Waals surface area contributed by atoms with Crippen LogP contribution in [0.3, 0.4) is 0 Å². The standard InChI is InChI=1S/C24H26FN5O4/c1-15-2-4-16(5-3-15)8-22(32)29-7-6-21(20(25)13-29)34-24-19(23(26)33)9-18(11-27-24)30-12-17(14-31)10-28-30/h2-5,9-12,20-21,31H,6-8,13-14H2,1H3,(H2,26,33)/t20-,21+/m0/s1. The zero-order valence-corrected chi connectivity index (χ0v) is 18.7. The van der Waals surface area contributed by atoms with Crippen molar-refractivity contribution in [3.8, 4) is 11.6 Å². The summed E-state index contributed by atoms with van der Waals surface area (Å²) in [4.78, 5) is 30.3. The van der Waals surface area contributed by atoms with E-state index >= 15 is 0 Å². The molecule has 3 aromatic rings. The summed E-state index contributed by atoms with van der Waals surface area (Å²) in [6.07, 6.45) is 2.63. The minimum atomic E-state index is -1.45. The number of likely N-dealkylation sites (tertiary alicyclic amines) is 1. The number of ether oxygens (including phenoxy) is 1. The van der Waals surface area contributed by atoms with Gasteiger partial charge in [-0.25, -0.2) is 14.1 Å². The van der Waals surface area contributed by atoms with Crippen LogP contribution >= 0.6 is 0 Å². The molecule has 2 atom stereocenters. The number of piperidine rings is 1. The lowest BCUT2D eigenvalue weighted by molar-refractivity contribution is -0.134. The summed E-state index contributed by atoms with van der Waals surface area (Å²) in [7, 11) is 0. The van der Waals surface area contributed by atoms with Gasteiger partial charge in [0.05, 0.1) is 37.7 Å². The number of hydrogen-bond donors (Lipinski definition) is 2. The summed E-state index contributed by atoms with van der Waals surface area (Å²) < 4.78 is 22.1. The first kappa shape index (κ1) is 23.4. The molecule has 1 aliphatic heterocycles. The predicted octanol–water partition coefficient (Wildman–Crippen LogP) is 1.73. The largest absolute Gasteiger partial charge is 0.471 e. The first-order valence-electron chi connectivity index (χ1n) is 10.9. The predicted molar refractivity (Wildman–Crippen MR) is 121 cm³/mol. The summed E-state index contributed by atoms with van der Waals surface area (Å²) in [5, 5.41) is 13.3. The highest BCUT2D eigenvalue weighted by Gasteiger charge is 2.34. The Morgan fingerprint density at radius 2 is 2.00 bits per heavy atom. The van der Waals surface area contributed by atoms with Crippen LogP contribution < -0.4 is 10.5 Å². The van der Waals surface area contributed by atoms with Crippen LogP contribution in [0, 0.1) is 6.92 Å². The van der Waals surface area contributed by atoms with E-state index in [9.17, 15) is 19.1 Å². The molecule has 0 unspecified atom stereocenters. The van der Waals surface area contributed by atoms with Crippen LogP contribution in [0.5, 0.6) is 5.88 Å². The summed E-state index contributed by atoms with van der Waals surface area (Å²) in [6, 6.07) is 9.11. The van der Waals surface area contributed by atoms with Gasteiger partial charge in [-0.15, -0.1) is 0 Å². The fourth-order valence-corrected chi connectivity index (χ4v) is 3.80. The number of halogens is 1. The number of hydrogen-bond acceptors (Lipinski definition) is 6. The lowest BCUT2D eigenvalue weighted by Gasteiger charge is -2.34. The Hall–Kier alpha value is -3.79. The highest BCUT2D eigenvalue weighted by atomic mass is 19.1. The van der Waals surface area contributed by atoms with Crippen LogP contribution in [-0.2, 0) is 17.8 Å². The van der Waals surface area contributed by atoms with Crippen LogP contribution in [0.15, 0.2) is 48.9 Å².